The van der Waals surface area contributed by atoms with Gasteiger partial charge in [0.2, 0.25) is 0 Å². The molecule has 2 aromatic carbocycles. The van der Waals surface area contributed by atoms with Gasteiger partial charge in [-0.15, -0.1) is 11.3 Å². The molecule has 0 aliphatic carbocycles. The fourth-order valence-corrected chi connectivity index (χ4v) is 4.03. The SMILES string of the molecule is COc1ccc(CNc2ncc(C#N)c3sc4ccccc4c23)cc1. The van der Waals surface area contributed by atoms with Crippen molar-refractivity contribution in [3.8, 4) is 11.8 Å². The molecule has 0 bridgehead atoms. The van der Waals surface area contributed by atoms with Gasteiger partial charge in [0, 0.05) is 28.2 Å². The summed E-state index contributed by atoms with van der Waals surface area (Å²) >= 11 is 1.63. The maximum atomic E-state index is 9.39. The average Bonchev–Trinajstić information content (AvgIpc) is 3.06. The van der Waals surface area contributed by atoms with Gasteiger partial charge in [-0.2, -0.15) is 5.26 Å². The van der Waals surface area contributed by atoms with E-state index < -0.39 is 0 Å². The summed E-state index contributed by atoms with van der Waals surface area (Å²) in [6, 6.07) is 18.4. The minimum Gasteiger partial charge on any atom is -0.497 e. The molecule has 5 heteroatoms. The van der Waals surface area contributed by atoms with Crippen LogP contribution in [0.1, 0.15) is 11.1 Å². The van der Waals surface area contributed by atoms with Crippen LogP contribution in [0.3, 0.4) is 0 Å². The van der Waals surface area contributed by atoms with Crippen LogP contribution in [-0.2, 0) is 6.54 Å². The number of aromatic nitrogens is 1. The molecule has 4 aromatic rings. The maximum absolute atomic E-state index is 9.39. The van der Waals surface area contributed by atoms with Gasteiger partial charge >= 0.3 is 0 Å². The van der Waals surface area contributed by atoms with Crippen LogP contribution in [0.4, 0.5) is 5.82 Å². The summed E-state index contributed by atoms with van der Waals surface area (Å²) in [4.78, 5) is 4.50. The normalized spacial score (nSPS) is 10.7. The second kappa shape index (κ2) is 6.42. The molecular formula is C20H15N3OS. The van der Waals surface area contributed by atoms with Crippen molar-refractivity contribution < 1.29 is 4.74 Å². The molecule has 4 nitrogen and oxygen atoms in total. The summed E-state index contributed by atoms with van der Waals surface area (Å²) in [6.45, 7) is 0.655. The van der Waals surface area contributed by atoms with Crippen molar-refractivity contribution in [2.75, 3.05) is 12.4 Å². The van der Waals surface area contributed by atoms with E-state index in [1.54, 1.807) is 24.6 Å². The van der Waals surface area contributed by atoms with Crippen LogP contribution in [0.15, 0.2) is 54.7 Å². The highest BCUT2D eigenvalue weighted by molar-refractivity contribution is 7.26. The van der Waals surface area contributed by atoms with Crippen LogP contribution in [-0.4, -0.2) is 12.1 Å². The monoisotopic (exact) mass is 345 g/mol. The summed E-state index contributed by atoms with van der Waals surface area (Å²) in [5.41, 5.74) is 1.76. The van der Waals surface area contributed by atoms with E-state index in [1.807, 2.05) is 36.4 Å². The molecule has 0 saturated carbocycles. The maximum Gasteiger partial charge on any atom is 0.135 e. The molecule has 25 heavy (non-hydrogen) atoms. The minimum absolute atomic E-state index is 0.617. The Bertz CT molecular complexity index is 1090. The Morgan fingerprint density at radius 2 is 1.96 bits per heavy atom. The van der Waals surface area contributed by atoms with Crippen molar-refractivity contribution in [2.45, 2.75) is 6.54 Å². The molecule has 0 fully saturated rings. The Kier molecular flexibility index (Phi) is 3.96. The highest BCUT2D eigenvalue weighted by Gasteiger charge is 2.14. The van der Waals surface area contributed by atoms with Crippen LogP contribution in [0.2, 0.25) is 0 Å². The lowest BCUT2D eigenvalue weighted by molar-refractivity contribution is 0.414. The first-order chi connectivity index (χ1) is 12.3. The molecule has 0 aliphatic heterocycles. The number of hydrogen-bond donors (Lipinski definition) is 1. The molecule has 0 unspecified atom stereocenters. The van der Waals surface area contributed by atoms with Crippen molar-refractivity contribution >= 4 is 37.3 Å². The predicted molar refractivity (Wildman–Crippen MR) is 102 cm³/mol. The topological polar surface area (TPSA) is 57.9 Å². The van der Waals surface area contributed by atoms with Crippen LogP contribution in [0, 0.1) is 11.3 Å². The lowest BCUT2D eigenvalue weighted by Gasteiger charge is -2.09. The zero-order valence-corrected chi connectivity index (χ0v) is 14.4. The second-order valence-corrected chi connectivity index (χ2v) is 6.69. The van der Waals surface area contributed by atoms with Crippen molar-refractivity contribution in [1.29, 1.82) is 5.26 Å². The Labute approximate surface area is 149 Å². The van der Waals surface area contributed by atoms with Gasteiger partial charge in [-0.05, 0) is 23.8 Å². The lowest BCUT2D eigenvalue weighted by atomic mass is 10.1. The molecule has 0 aliphatic rings. The van der Waals surface area contributed by atoms with Gasteiger partial charge in [0.15, 0.2) is 0 Å². The van der Waals surface area contributed by atoms with Crippen LogP contribution in [0.25, 0.3) is 20.2 Å². The summed E-state index contributed by atoms with van der Waals surface area (Å²) in [5, 5.41) is 15.0. The zero-order chi connectivity index (χ0) is 17.2. The number of nitriles is 1. The van der Waals surface area contributed by atoms with Gasteiger partial charge in [-0.1, -0.05) is 30.3 Å². The van der Waals surface area contributed by atoms with Gasteiger partial charge in [0.25, 0.3) is 0 Å². The Morgan fingerprint density at radius 3 is 2.72 bits per heavy atom. The number of benzene rings is 2. The molecular weight excluding hydrogens is 330 g/mol. The number of methoxy groups -OCH3 is 1. The van der Waals surface area contributed by atoms with Gasteiger partial charge in [0.05, 0.1) is 17.4 Å². The lowest BCUT2D eigenvalue weighted by Crippen LogP contribution is -2.02. The predicted octanol–water partition coefficient (Wildman–Crippen LogP) is 4.94. The standard InChI is InChI=1S/C20H15N3OS/c1-24-15-8-6-13(7-9-15)11-22-20-18-16-4-2-3-5-17(16)25-19(18)14(10-21)12-23-20/h2-9,12H,11H2,1H3,(H,22,23). The van der Waals surface area contributed by atoms with E-state index in [9.17, 15) is 5.26 Å². The minimum atomic E-state index is 0.617. The summed E-state index contributed by atoms with van der Waals surface area (Å²) in [6.07, 6.45) is 1.65. The van der Waals surface area contributed by atoms with Crippen LogP contribution >= 0.6 is 11.3 Å². The third-order valence-electron chi connectivity index (χ3n) is 4.14. The molecule has 0 spiro atoms. The quantitative estimate of drug-likeness (QED) is 0.569. The molecule has 0 atom stereocenters. The Hall–Kier alpha value is -3.10. The van der Waals surface area contributed by atoms with E-state index in [0.717, 1.165) is 37.3 Å². The Balaban J connectivity index is 1.75. The first-order valence-electron chi connectivity index (χ1n) is 7.87. The Morgan fingerprint density at radius 1 is 1.16 bits per heavy atom. The molecule has 2 aromatic heterocycles. The highest BCUT2D eigenvalue weighted by Crippen LogP contribution is 2.39. The van der Waals surface area contributed by atoms with E-state index in [4.69, 9.17) is 4.74 Å². The largest absolute Gasteiger partial charge is 0.497 e. The van der Waals surface area contributed by atoms with Crippen LogP contribution < -0.4 is 10.1 Å². The van der Waals surface area contributed by atoms with E-state index in [0.29, 0.717) is 12.1 Å². The third-order valence-corrected chi connectivity index (χ3v) is 5.34. The zero-order valence-electron chi connectivity index (χ0n) is 13.6. The molecule has 2 heterocycles. The smallest absolute Gasteiger partial charge is 0.135 e. The number of rotatable bonds is 4. The number of pyridine rings is 1. The second-order valence-electron chi connectivity index (χ2n) is 5.64. The van der Waals surface area contributed by atoms with Gasteiger partial charge in [0.1, 0.15) is 17.6 Å². The first-order valence-corrected chi connectivity index (χ1v) is 8.69. The molecule has 0 amide bonds. The number of nitrogens with one attached hydrogen (secondary N) is 1. The molecule has 0 radical (unpaired) electrons. The van der Waals surface area contributed by atoms with Crippen molar-refractivity contribution in [3.05, 3.63) is 65.9 Å². The number of nitrogens with zero attached hydrogens (tertiary/aromatic N) is 2. The molecule has 4 rings (SSSR count). The van der Waals surface area contributed by atoms with Gasteiger partial charge < -0.3 is 10.1 Å². The molecule has 122 valence electrons. The number of hydrogen-bond acceptors (Lipinski definition) is 5. The number of thiophene rings is 1. The number of ether oxygens (including phenoxy) is 1. The van der Waals surface area contributed by atoms with E-state index in [-0.39, 0.29) is 0 Å². The van der Waals surface area contributed by atoms with Crippen molar-refractivity contribution in [1.82, 2.24) is 4.98 Å². The third kappa shape index (κ3) is 2.77. The summed E-state index contributed by atoms with van der Waals surface area (Å²) in [7, 11) is 1.66. The number of anilines is 1. The fourth-order valence-electron chi connectivity index (χ4n) is 2.87. The summed E-state index contributed by atoms with van der Waals surface area (Å²) in [5.74, 6) is 1.65. The van der Waals surface area contributed by atoms with E-state index >= 15 is 0 Å². The first kappa shape index (κ1) is 15.4. The fraction of sp³-hybridized carbons (Fsp3) is 0.100. The van der Waals surface area contributed by atoms with Gasteiger partial charge in [-0.25, -0.2) is 4.98 Å². The van der Waals surface area contributed by atoms with Crippen molar-refractivity contribution in [2.24, 2.45) is 0 Å². The van der Waals surface area contributed by atoms with Crippen LogP contribution in [0.5, 0.6) is 5.75 Å². The molecule has 1 N–H and O–H groups in total. The number of fused-ring (bicyclic) bond motifs is 3. The average molecular weight is 345 g/mol. The van der Waals surface area contributed by atoms with Crippen molar-refractivity contribution in [3.63, 3.8) is 0 Å². The molecule has 0 saturated heterocycles. The highest BCUT2D eigenvalue weighted by atomic mass is 32.1. The van der Waals surface area contributed by atoms with Gasteiger partial charge in [-0.3, -0.25) is 0 Å². The summed E-state index contributed by atoms with van der Waals surface area (Å²) < 4.78 is 7.33. The van der Waals surface area contributed by atoms with E-state index in [2.05, 4.69) is 28.5 Å². The van der Waals surface area contributed by atoms with E-state index in [1.165, 1.54) is 0 Å².